The zero-order valence-electron chi connectivity index (χ0n) is 14.0. The highest BCUT2D eigenvalue weighted by Gasteiger charge is 2.31. The topological polar surface area (TPSA) is 3.24 Å². The number of alkyl halides is 6. The molecule has 0 aromatic heterocycles. The second kappa shape index (κ2) is 7.13. The van der Waals surface area contributed by atoms with E-state index in [1.807, 2.05) is 12.2 Å². The number of hydrogen-bond donors (Lipinski definition) is 0. The van der Waals surface area contributed by atoms with Gasteiger partial charge in [0.25, 0.3) is 0 Å². The summed E-state index contributed by atoms with van der Waals surface area (Å²) >= 11 is 0. The Bertz CT molecular complexity index is 785. The van der Waals surface area contributed by atoms with Gasteiger partial charge < -0.3 is 4.90 Å². The molecule has 0 spiro atoms. The molecule has 1 aliphatic rings. The van der Waals surface area contributed by atoms with E-state index in [0.29, 0.717) is 17.8 Å². The summed E-state index contributed by atoms with van der Waals surface area (Å²) in [5, 5.41) is 0. The van der Waals surface area contributed by atoms with Gasteiger partial charge in [0.05, 0.1) is 11.1 Å². The van der Waals surface area contributed by atoms with E-state index < -0.39 is 23.5 Å². The highest BCUT2D eigenvalue weighted by Crippen LogP contribution is 2.37. The van der Waals surface area contributed by atoms with Crippen LogP contribution in [0.15, 0.2) is 72.5 Å². The maximum atomic E-state index is 12.8. The molecule has 3 rings (SSSR count). The highest BCUT2D eigenvalue weighted by atomic mass is 19.4. The van der Waals surface area contributed by atoms with Crippen LogP contribution >= 0.6 is 0 Å². The molecule has 0 unspecified atom stereocenters. The zero-order chi connectivity index (χ0) is 19.7. The summed E-state index contributed by atoms with van der Waals surface area (Å²) in [4.78, 5) is 1.67. The number of nitrogens with zero attached hydrogens (tertiary/aromatic N) is 1. The van der Waals surface area contributed by atoms with Gasteiger partial charge in [-0.15, -0.1) is 0 Å². The van der Waals surface area contributed by atoms with Gasteiger partial charge in [-0.2, -0.15) is 26.3 Å². The Morgan fingerprint density at radius 1 is 0.667 bits per heavy atom. The van der Waals surface area contributed by atoms with E-state index in [2.05, 4.69) is 0 Å². The summed E-state index contributed by atoms with van der Waals surface area (Å²) in [7, 11) is 0. The van der Waals surface area contributed by atoms with Crippen LogP contribution in [0.4, 0.5) is 37.7 Å². The van der Waals surface area contributed by atoms with Crippen molar-refractivity contribution >= 4 is 11.4 Å². The molecule has 2 aromatic rings. The molecular weight excluding hydrogens is 368 g/mol. The molecule has 2 aromatic carbocycles. The normalized spacial score (nSPS) is 14.8. The van der Waals surface area contributed by atoms with Crippen molar-refractivity contribution in [1.29, 1.82) is 0 Å². The monoisotopic (exact) mass is 383 g/mol. The predicted molar refractivity (Wildman–Crippen MR) is 91.5 cm³/mol. The molecule has 0 saturated heterocycles. The Balaban J connectivity index is 2.02. The second-order valence-corrected chi connectivity index (χ2v) is 6.05. The molecule has 1 aliphatic carbocycles. The van der Waals surface area contributed by atoms with Gasteiger partial charge in [0.15, 0.2) is 0 Å². The van der Waals surface area contributed by atoms with Crippen LogP contribution in [0, 0.1) is 0 Å². The first-order valence-electron chi connectivity index (χ1n) is 8.16. The van der Waals surface area contributed by atoms with Crippen molar-refractivity contribution in [2.75, 3.05) is 4.90 Å². The Kier molecular flexibility index (Phi) is 5.04. The van der Waals surface area contributed by atoms with Crippen molar-refractivity contribution in [2.45, 2.75) is 25.2 Å². The van der Waals surface area contributed by atoms with E-state index in [0.717, 1.165) is 36.4 Å². The predicted octanol–water partition coefficient (Wildman–Crippen LogP) is 7.10. The van der Waals surface area contributed by atoms with E-state index in [-0.39, 0.29) is 0 Å². The zero-order valence-corrected chi connectivity index (χ0v) is 14.0. The second-order valence-electron chi connectivity index (χ2n) is 6.05. The molecule has 0 N–H and O–H groups in total. The number of hydrogen-bond acceptors (Lipinski definition) is 1. The van der Waals surface area contributed by atoms with E-state index >= 15 is 0 Å². The number of rotatable bonds is 3. The summed E-state index contributed by atoms with van der Waals surface area (Å²) in [5.41, 5.74) is 0.123. The van der Waals surface area contributed by atoms with Crippen molar-refractivity contribution < 1.29 is 26.3 Å². The van der Waals surface area contributed by atoms with Gasteiger partial charge in [0, 0.05) is 17.1 Å². The fraction of sp³-hybridized carbons (Fsp3) is 0.200. The number of anilines is 2. The summed E-state index contributed by atoms with van der Waals surface area (Å²) < 4.78 is 76.9. The Morgan fingerprint density at radius 2 is 1.11 bits per heavy atom. The van der Waals surface area contributed by atoms with Crippen LogP contribution in [0.5, 0.6) is 0 Å². The van der Waals surface area contributed by atoms with Crippen molar-refractivity contribution in [3.63, 3.8) is 0 Å². The van der Waals surface area contributed by atoms with Crippen molar-refractivity contribution in [2.24, 2.45) is 0 Å². The van der Waals surface area contributed by atoms with Gasteiger partial charge in [0.2, 0.25) is 0 Å². The first-order valence-corrected chi connectivity index (χ1v) is 8.16. The van der Waals surface area contributed by atoms with E-state index in [9.17, 15) is 26.3 Å². The van der Waals surface area contributed by atoms with Gasteiger partial charge in [-0.25, -0.2) is 0 Å². The summed E-state index contributed by atoms with van der Waals surface area (Å²) in [6.07, 6.45) is -1.97. The van der Waals surface area contributed by atoms with Crippen LogP contribution in [0.1, 0.15) is 24.0 Å². The average molecular weight is 383 g/mol. The minimum Gasteiger partial charge on any atom is -0.314 e. The maximum Gasteiger partial charge on any atom is 0.416 e. The van der Waals surface area contributed by atoms with Crippen LogP contribution in [-0.2, 0) is 12.4 Å². The molecule has 0 saturated carbocycles. The van der Waals surface area contributed by atoms with Crippen LogP contribution in [0.25, 0.3) is 0 Å². The van der Waals surface area contributed by atoms with E-state index in [4.69, 9.17) is 0 Å². The van der Waals surface area contributed by atoms with Gasteiger partial charge in [-0.05, 0) is 67.4 Å². The van der Waals surface area contributed by atoms with Crippen LogP contribution in [0.3, 0.4) is 0 Å². The SMILES string of the molecule is FC(F)(F)c1ccc(N(C2=CC=CCC2)c2ccc(C(F)(F)F)cc2)cc1. The Labute approximate surface area is 152 Å². The maximum absolute atomic E-state index is 12.8. The average Bonchev–Trinajstić information content (AvgIpc) is 2.62. The number of benzene rings is 2. The van der Waals surface area contributed by atoms with Gasteiger partial charge in [-0.3, -0.25) is 0 Å². The molecular formula is C20H15F6N. The third kappa shape index (κ3) is 4.35. The molecule has 0 bridgehead atoms. The van der Waals surface area contributed by atoms with Gasteiger partial charge in [-0.1, -0.05) is 12.2 Å². The fourth-order valence-corrected chi connectivity index (χ4v) is 2.86. The summed E-state index contributed by atoms with van der Waals surface area (Å²) in [5.74, 6) is 0. The molecule has 7 heteroatoms. The standard InChI is InChI=1S/C20H15F6N/c21-19(22,23)14-6-10-17(11-7-14)27(16-4-2-1-3-5-16)18-12-8-15(9-13-18)20(24,25)26/h1-2,4,6-13H,3,5H2. The number of allylic oxidation sites excluding steroid dienone is 4. The van der Waals surface area contributed by atoms with E-state index in [1.165, 1.54) is 24.3 Å². The van der Waals surface area contributed by atoms with Gasteiger partial charge in [0.1, 0.15) is 0 Å². The first-order chi connectivity index (χ1) is 12.7. The fourth-order valence-electron chi connectivity index (χ4n) is 2.86. The largest absolute Gasteiger partial charge is 0.416 e. The lowest BCUT2D eigenvalue weighted by molar-refractivity contribution is -0.138. The molecule has 0 aliphatic heterocycles. The molecule has 0 fully saturated rings. The van der Waals surface area contributed by atoms with Crippen molar-refractivity contribution in [3.8, 4) is 0 Å². The lowest BCUT2D eigenvalue weighted by atomic mass is 10.1. The molecule has 27 heavy (non-hydrogen) atoms. The summed E-state index contributed by atoms with van der Waals surface area (Å²) in [6, 6.07) is 9.13. The molecule has 0 amide bonds. The van der Waals surface area contributed by atoms with Crippen LogP contribution in [-0.4, -0.2) is 0 Å². The minimum absolute atomic E-state index is 0.448. The Morgan fingerprint density at radius 3 is 1.44 bits per heavy atom. The molecule has 0 radical (unpaired) electrons. The summed E-state index contributed by atoms with van der Waals surface area (Å²) in [6.45, 7) is 0. The molecule has 142 valence electrons. The van der Waals surface area contributed by atoms with Gasteiger partial charge >= 0.3 is 12.4 Å². The lowest BCUT2D eigenvalue weighted by Gasteiger charge is -2.29. The molecule has 1 nitrogen and oxygen atoms in total. The van der Waals surface area contributed by atoms with Crippen LogP contribution in [0.2, 0.25) is 0 Å². The highest BCUT2D eigenvalue weighted by molar-refractivity contribution is 5.69. The van der Waals surface area contributed by atoms with Crippen LogP contribution < -0.4 is 4.90 Å². The van der Waals surface area contributed by atoms with E-state index in [1.54, 1.807) is 11.0 Å². The molecule has 0 atom stereocenters. The Hall–Kier alpha value is -2.70. The van der Waals surface area contributed by atoms with Crippen molar-refractivity contribution in [3.05, 3.63) is 83.6 Å². The van der Waals surface area contributed by atoms with Crippen molar-refractivity contribution in [1.82, 2.24) is 0 Å². The minimum atomic E-state index is -4.45. The third-order valence-corrected chi connectivity index (χ3v) is 4.18. The smallest absolute Gasteiger partial charge is 0.314 e. The third-order valence-electron chi connectivity index (χ3n) is 4.18. The lowest BCUT2D eigenvalue weighted by Crippen LogP contribution is -2.18. The molecule has 0 heterocycles. The quantitative estimate of drug-likeness (QED) is 0.511. The number of halogens is 6. The first kappa shape index (κ1) is 19.1.